The smallest absolute Gasteiger partial charge is 0.0309 e. The standard InChI is InChI=1S/C18H29N3/c1-2-17-14-20-18(9-4-3-5-10-18)15-21(17)13-8-16-6-11-19-12-7-16/h6-7,11-12,17,20H,2-5,8-10,13-15H2,1H3. The average molecular weight is 287 g/mol. The predicted molar refractivity (Wildman–Crippen MR) is 87.4 cm³/mol. The molecule has 0 amide bonds. The van der Waals surface area contributed by atoms with Crippen LogP contribution in [0.4, 0.5) is 0 Å². The number of hydrogen-bond acceptors (Lipinski definition) is 3. The van der Waals surface area contributed by atoms with Crippen molar-refractivity contribution < 1.29 is 0 Å². The van der Waals surface area contributed by atoms with Gasteiger partial charge in [-0.05, 0) is 43.4 Å². The Labute approximate surface area is 129 Å². The van der Waals surface area contributed by atoms with Gasteiger partial charge in [-0.25, -0.2) is 0 Å². The summed E-state index contributed by atoms with van der Waals surface area (Å²) in [6.07, 6.45) is 13.2. The third-order valence-electron chi connectivity index (χ3n) is 5.45. The normalized spacial score (nSPS) is 26.0. The number of piperazine rings is 1. The van der Waals surface area contributed by atoms with Crippen molar-refractivity contribution in [2.24, 2.45) is 0 Å². The second-order valence-electron chi connectivity index (χ2n) is 6.86. The van der Waals surface area contributed by atoms with Crippen LogP contribution in [0.15, 0.2) is 24.5 Å². The lowest BCUT2D eigenvalue weighted by Crippen LogP contribution is -2.64. The van der Waals surface area contributed by atoms with Crippen LogP contribution in [0.2, 0.25) is 0 Å². The Morgan fingerprint density at radius 3 is 2.71 bits per heavy atom. The third-order valence-corrected chi connectivity index (χ3v) is 5.45. The van der Waals surface area contributed by atoms with Crippen LogP contribution in [0, 0.1) is 0 Å². The molecule has 1 aliphatic carbocycles. The van der Waals surface area contributed by atoms with Gasteiger partial charge < -0.3 is 5.32 Å². The SMILES string of the molecule is CCC1CNC2(CCCCC2)CN1CCc1ccncc1. The van der Waals surface area contributed by atoms with Gasteiger partial charge in [0.05, 0.1) is 0 Å². The van der Waals surface area contributed by atoms with E-state index in [4.69, 9.17) is 0 Å². The molecular weight excluding hydrogens is 258 g/mol. The van der Waals surface area contributed by atoms with E-state index in [0.717, 1.165) is 6.42 Å². The van der Waals surface area contributed by atoms with Gasteiger partial charge in [-0.1, -0.05) is 26.2 Å². The van der Waals surface area contributed by atoms with Crippen molar-refractivity contribution in [1.82, 2.24) is 15.2 Å². The molecule has 1 aliphatic heterocycles. The Bertz CT molecular complexity index is 425. The van der Waals surface area contributed by atoms with Gasteiger partial charge in [0, 0.05) is 43.6 Å². The van der Waals surface area contributed by atoms with Crippen LogP contribution in [0.1, 0.15) is 51.0 Å². The first-order valence-corrected chi connectivity index (χ1v) is 8.69. The second-order valence-corrected chi connectivity index (χ2v) is 6.86. The lowest BCUT2D eigenvalue weighted by atomic mass is 9.79. The highest BCUT2D eigenvalue weighted by molar-refractivity contribution is 5.10. The van der Waals surface area contributed by atoms with Gasteiger partial charge in [0.15, 0.2) is 0 Å². The molecule has 116 valence electrons. The van der Waals surface area contributed by atoms with Crippen molar-refractivity contribution in [3.05, 3.63) is 30.1 Å². The van der Waals surface area contributed by atoms with E-state index < -0.39 is 0 Å². The summed E-state index contributed by atoms with van der Waals surface area (Å²) in [6.45, 7) is 5.93. The van der Waals surface area contributed by atoms with Gasteiger partial charge in [0.1, 0.15) is 0 Å². The minimum absolute atomic E-state index is 0.419. The molecule has 1 N–H and O–H groups in total. The lowest BCUT2D eigenvalue weighted by molar-refractivity contribution is 0.0549. The van der Waals surface area contributed by atoms with Gasteiger partial charge >= 0.3 is 0 Å². The Morgan fingerprint density at radius 1 is 1.24 bits per heavy atom. The summed E-state index contributed by atoms with van der Waals surface area (Å²) in [4.78, 5) is 6.87. The van der Waals surface area contributed by atoms with Gasteiger partial charge in [-0.2, -0.15) is 0 Å². The van der Waals surface area contributed by atoms with E-state index in [1.54, 1.807) is 0 Å². The molecule has 1 unspecified atom stereocenters. The van der Waals surface area contributed by atoms with Crippen molar-refractivity contribution >= 4 is 0 Å². The quantitative estimate of drug-likeness (QED) is 0.922. The zero-order valence-corrected chi connectivity index (χ0v) is 13.4. The molecule has 1 saturated carbocycles. The molecule has 0 bridgehead atoms. The minimum atomic E-state index is 0.419. The maximum atomic E-state index is 4.12. The van der Waals surface area contributed by atoms with Crippen LogP contribution in [0.5, 0.6) is 0 Å². The van der Waals surface area contributed by atoms with Gasteiger partial charge in [0.2, 0.25) is 0 Å². The van der Waals surface area contributed by atoms with E-state index in [1.807, 2.05) is 12.4 Å². The minimum Gasteiger partial charge on any atom is -0.308 e. The zero-order valence-electron chi connectivity index (χ0n) is 13.4. The molecule has 1 atom stereocenters. The fourth-order valence-electron chi connectivity index (χ4n) is 4.09. The molecule has 1 spiro atoms. The number of hydrogen-bond donors (Lipinski definition) is 1. The highest BCUT2D eigenvalue weighted by Gasteiger charge is 2.38. The maximum Gasteiger partial charge on any atom is 0.0309 e. The van der Waals surface area contributed by atoms with Crippen LogP contribution in [0.25, 0.3) is 0 Å². The van der Waals surface area contributed by atoms with Crippen LogP contribution in [0.3, 0.4) is 0 Å². The van der Waals surface area contributed by atoms with Crippen molar-refractivity contribution in [2.75, 3.05) is 19.6 Å². The molecule has 0 aromatic carbocycles. The summed E-state index contributed by atoms with van der Waals surface area (Å²) in [7, 11) is 0. The summed E-state index contributed by atoms with van der Waals surface area (Å²) in [6, 6.07) is 5.01. The van der Waals surface area contributed by atoms with Crippen LogP contribution < -0.4 is 5.32 Å². The Balaban J connectivity index is 1.62. The summed E-state index contributed by atoms with van der Waals surface area (Å²) < 4.78 is 0. The summed E-state index contributed by atoms with van der Waals surface area (Å²) >= 11 is 0. The van der Waals surface area contributed by atoms with Gasteiger partial charge in [-0.3, -0.25) is 9.88 Å². The molecule has 3 heteroatoms. The van der Waals surface area contributed by atoms with Crippen molar-refractivity contribution in [2.45, 2.75) is 63.5 Å². The topological polar surface area (TPSA) is 28.2 Å². The predicted octanol–water partition coefficient (Wildman–Crippen LogP) is 3.01. The molecule has 21 heavy (non-hydrogen) atoms. The van der Waals surface area contributed by atoms with Crippen LogP contribution in [-0.4, -0.2) is 41.1 Å². The first-order chi connectivity index (χ1) is 10.3. The molecule has 0 radical (unpaired) electrons. The van der Waals surface area contributed by atoms with E-state index in [2.05, 4.69) is 34.3 Å². The Morgan fingerprint density at radius 2 is 2.00 bits per heavy atom. The Kier molecular flexibility index (Phi) is 4.91. The molecule has 2 aliphatic rings. The number of nitrogens with one attached hydrogen (secondary N) is 1. The molecule has 1 saturated heterocycles. The van der Waals surface area contributed by atoms with E-state index in [0.29, 0.717) is 11.6 Å². The van der Waals surface area contributed by atoms with Crippen molar-refractivity contribution in [3.63, 3.8) is 0 Å². The van der Waals surface area contributed by atoms with Crippen molar-refractivity contribution in [1.29, 1.82) is 0 Å². The summed E-state index contributed by atoms with van der Waals surface area (Å²) in [5.74, 6) is 0. The molecule has 2 fully saturated rings. The molecule has 2 heterocycles. The van der Waals surface area contributed by atoms with Crippen LogP contribution in [-0.2, 0) is 6.42 Å². The number of pyridine rings is 1. The van der Waals surface area contributed by atoms with E-state index in [-0.39, 0.29) is 0 Å². The van der Waals surface area contributed by atoms with Crippen LogP contribution >= 0.6 is 0 Å². The van der Waals surface area contributed by atoms with Gasteiger partial charge in [-0.15, -0.1) is 0 Å². The molecule has 1 aromatic rings. The fourth-order valence-corrected chi connectivity index (χ4v) is 4.09. The molecule has 3 nitrogen and oxygen atoms in total. The third kappa shape index (κ3) is 3.64. The molecule has 1 aromatic heterocycles. The van der Waals surface area contributed by atoms with E-state index in [9.17, 15) is 0 Å². The fraction of sp³-hybridized carbons (Fsp3) is 0.722. The molecular formula is C18H29N3. The highest BCUT2D eigenvalue weighted by atomic mass is 15.3. The number of aromatic nitrogens is 1. The average Bonchev–Trinajstić information content (AvgIpc) is 2.55. The highest BCUT2D eigenvalue weighted by Crippen LogP contribution is 2.32. The Hall–Kier alpha value is -0.930. The van der Waals surface area contributed by atoms with E-state index >= 15 is 0 Å². The van der Waals surface area contributed by atoms with E-state index in [1.165, 1.54) is 63.7 Å². The number of rotatable bonds is 4. The zero-order chi connectivity index (χ0) is 14.5. The first kappa shape index (κ1) is 15.0. The van der Waals surface area contributed by atoms with Crippen molar-refractivity contribution in [3.8, 4) is 0 Å². The monoisotopic (exact) mass is 287 g/mol. The largest absolute Gasteiger partial charge is 0.308 e. The maximum absolute atomic E-state index is 4.12. The summed E-state index contributed by atoms with van der Waals surface area (Å²) in [5.41, 5.74) is 1.83. The first-order valence-electron chi connectivity index (χ1n) is 8.69. The second kappa shape index (κ2) is 6.89. The lowest BCUT2D eigenvalue weighted by Gasteiger charge is -2.49. The molecule has 3 rings (SSSR count). The summed E-state index contributed by atoms with van der Waals surface area (Å²) in [5, 5.41) is 3.91. The number of nitrogens with zero attached hydrogens (tertiary/aromatic N) is 2. The van der Waals surface area contributed by atoms with Gasteiger partial charge in [0.25, 0.3) is 0 Å².